The van der Waals surface area contributed by atoms with Crippen LogP contribution in [0.15, 0.2) is 29.0 Å². The molecular formula is C13H15BrN4. The molecule has 0 bridgehead atoms. The Morgan fingerprint density at radius 3 is 2.50 bits per heavy atom. The van der Waals surface area contributed by atoms with Crippen molar-refractivity contribution in [1.82, 2.24) is 15.0 Å². The molecule has 0 atom stereocenters. The van der Waals surface area contributed by atoms with Crippen LogP contribution in [0.1, 0.15) is 36.8 Å². The number of anilines is 1. The number of hydrogen-bond donors (Lipinski definition) is 1. The van der Waals surface area contributed by atoms with Gasteiger partial charge in [-0.05, 0) is 39.5 Å². The number of halogens is 1. The number of nitrogens with zero attached hydrogens (tertiary/aromatic N) is 3. The highest BCUT2D eigenvalue weighted by Crippen LogP contribution is 2.27. The maximum Gasteiger partial charge on any atom is 0.141 e. The van der Waals surface area contributed by atoms with Gasteiger partial charge < -0.3 is 5.73 Å². The van der Waals surface area contributed by atoms with E-state index in [2.05, 4.69) is 44.7 Å². The van der Waals surface area contributed by atoms with Crippen LogP contribution in [0.4, 0.5) is 5.82 Å². The Bertz CT molecular complexity index is 540. The standard InChI is InChI=1S/C13H15BrN4/c1-8(2)12-11(14)13(15)18-10(17-12)7-9-3-5-16-6-4-9/h3-6,8H,7H2,1-2H3,(H2,15,17,18). The third kappa shape index (κ3) is 2.85. The highest BCUT2D eigenvalue weighted by Gasteiger charge is 2.13. The molecule has 2 heterocycles. The van der Waals surface area contributed by atoms with Gasteiger partial charge in [0.2, 0.25) is 0 Å². The smallest absolute Gasteiger partial charge is 0.141 e. The zero-order valence-electron chi connectivity index (χ0n) is 10.4. The number of aromatic nitrogens is 3. The Kier molecular flexibility index (Phi) is 3.91. The van der Waals surface area contributed by atoms with Crippen molar-refractivity contribution in [2.24, 2.45) is 0 Å². The van der Waals surface area contributed by atoms with Crippen molar-refractivity contribution in [3.05, 3.63) is 46.1 Å². The lowest BCUT2D eigenvalue weighted by molar-refractivity contribution is 0.786. The van der Waals surface area contributed by atoms with E-state index in [1.807, 2.05) is 12.1 Å². The van der Waals surface area contributed by atoms with E-state index in [0.29, 0.717) is 18.2 Å². The Labute approximate surface area is 115 Å². The molecule has 0 spiro atoms. The molecule has 0 aliphatic heterocycles. The van der Waals surface area contributed by atoms with Crippen LogP contribution in [0.5, 0.6) is 0 Å². The molecule has 0 aliphatic rings. The van der Waals surface area contributed by atoms with Crippen molar-refractivity contribution in [1.29, 1.82) is 0 Å². The Hall–Kier alpha value is -1.49. The summed E-state index contributed by atoms with van der Waals surface area (Å²) >= 11 is 3.44. The van der Waals surface area contributed by atoms with Crippen molar-refractivity contribution in [3.8, 4) is 0 Å². The van der Waals surface area contributed by atoms with Gasteiger partial charge in [0.15, 0.2) is 0 Å². The molecule has 2 aromatic heterocycles. The fourth-order valence-corrected chi connectivity index (χ4v) is 2.31. The molecule has 4 nitrogen and oxygen atoms in total. The molecule has 0 amide bonds. The van der Waals surface area contributed by atoms with Crippen LogP contribution in [0.25, 0.3) is 0 Å². The zero-order valence-corrected chi connectivity index (χ0v) is 12.0. The Morgan fingerprint density at radius 1 is 1.22 bits per heavy atom. The van der Waals surface area contributed by atoms with Gasteiger partial charge in [-0.1, -0.05) is 13.8 Å². The van der Waals surface area contributed by atoms with E-state index in [1.165, 1.54) is 0 Å². The lowest BCUT2D eigenvalue weighted by Gasteiger charge is -2.11. The first-order chi connectivity index (χ1) is 8.58. The van der Waals surface area contributed by atoms with Crippen molar-refractivity contribution < 1.29 is 0 Å². The van der Waals surface area contributed by atoms with Crippen LogP contribution in [0, 0.1) is 0 Å². The maximum atomic E-state index is 5.90. The first-order valence-electron chi connectivity index (χ1n) is 5.78. The fraction of sp³-hybridized carbons (Fsp3) is 0.308. The fourth-order valence-electron chi connectivity index (χ4n) is 1.68. The van der Waals surface area contributed by atoms with Crippen molar-refractivity contribution >= 4 is 21.7 Å². The van der Waals surface area contributed by atoms with Gasteiger partial charge in [-0.2, -0.15) is 0 Å². The molecule has 5 heteroatoms. The van der Waals surface area contributed by atoms with Gasteiger partial charge in [0.1, 0.15) is 11.6 Å². The Balaban J connectivity index is 2.35. The van der Waals surface area contributed by atoms with Gasteiger partial charge in [-0.3, -0.25) is 4.98 Å². The minimum Gasteiger partial charge on any atom is -0.383 e. The average Bonchev–Trinajstić information content (AvgIpc) is 2.34. The van der Waals surface area contributed by atoms with Gasteiger partial charge in [-0.25, -0.2) is 9.97 Å². The van der Waals surface area contributed by atoms with E-state index in [1.54, 1.807) is 12.4 Å². The number of hydrogen-bond acceptors (Lipinski definition) is 4. The zero-order chi connectivity index (χ0) is 13.1. The van der Waals surface area contributed by atoms with Gasteiger partial charge in [0.05, 0.1) is 10.2 Å². The second-order valence-electron chi connectivity index (χ2n) is 4.41. The monoisotopic (exact) mass is 306 g/mol. The number of nitrogen functional groups attached to an aromatic ring is 1. The minimum absolute atomic E-state index is 0.306. The number of rotatable bonds is 3. The van der Waals surface area contributed by atoms with Gasteiger partial charge in [-0.15, -0.1) is 0 Å². The summed E-state index contributed by atoms with van der Waals surface area (Å²) in [5.41, 5.74) is 7.98. The molecule has 2 aromatic rings. The van der Waals surface area contributed by atoms with E-state index < -0.39 is 0 Å². The molecule has 0 radical (unpaired) electrons. The van der Waals surface area contributed by atoms with E-state index in [-0.39, 0.29) is 0 Å². The second-order valence-corrected chi connectivity index (χ2v) is 5.20. The summed E-state index contributed by atoms with van der Waals surface area (Å²) in [7, 11) is 0. The molecule has 0 unspecified atom stereocenters. The molecule has 18 heavy (non-hydrogen) atoms. The second kappa shape index (κ2) is 5.44. The SMILES string of the molecule is CC(C)c1nc(Cc2ccncc2)nc(N)c1Br. The molecule has 0 aromatic carbocycles. The molecule has 2 N–H and O–H groups in total. The topological polar surface area (TPSA) is 64.7 Å². The van der Waals surface area contributed by atoms with Crippen molar-refractivity contribution in [2.45, 2.75) is 26.2 Å². The van der Waals surface area contributed by atoms with Gasteiger partial charge >= 0.3 is 0 Å². The number of pyridine rings is 1. The highest BCUT2D eigenvalue weighted by atomic mass is 79.9. The first-order valence-corrected chi connectivity index (χ1v) is 6.58. The lowest BCUT2D eigenvalue weighted by atomic mass is 10.1. The largest absolute Gasteiger partial charge is 0.383 e. The molecule has 2 rings (SSSR count). The lowest BCUT2D eigenvalue weighted by Crippen LogP contribution is -2.07. The summed E-state index contributed by atoms with van der Waals surface area (Å²) in [5.74, 6) is 1.55. The van der Waals surface area contributed by atoms with E-state index in [0.717, 1.165) is 21.6 Å². The predicted molar refractivity (Wildman–Crippen MR) is 75.3 cm³/mol. The van der Waals surface area contributed by atoms with Gasteiger partial charge in [0, 0.05) is 18.8 Å². The van der Waals surface area contributed by atoms with Crippen LogP contribution < -0.4 is 5.73 Å². The Morgan fingerprint density at radius 2 is 1.89 bits per heavy atom. The highest BCUT2D eigenvalue weighted by molar-refractivity contribution is 9.10. The molecule has 0 saturated carbocycles. The maximum absolute atomic E-state index is 5.90. The third-order valence-electron chi connectivity index (χ3n) is 2.61. The molecular weight excluding hydrogens is 292 g/mol. The summed E-state index contributed by atoms with van der Waals surface area (Å²) in [4.78, 5) is 12.9. The summed E-state index contributed by atoms with van der Waals surface area (Å²) in [5, 5.41) is 0. The summed E-state index contributed by atoms with van der Waals surface area (Å²) < 4.78 is 0.802. The predicted octanol–water partition coefficient (Wildman–Crippen LogP) is 2.93. The molecule has 0 aliphatic carbocycles. The van der Waals surface area contributed by atoms with E-state index >= 15 is 0 Å². The quantitative estimate of drug-likeness (QED) is 0.947. The third-order valence-corrected chi connectivity index (χ3v) is 3.42. The van der Waals surface area contributed by atoms with Crippen LogP contribution in [0.2, 0.25) is 0 Å². The van der Waals surface area contributed by atoms with Crippen LogP contribution in [-0.2, 0) is 6.42 Å². The normalized spacial score (nSPS) is 10.9. The van der Waals surface area contributed by atoms with Crippen molar-refractivity contribution in [2.75, 3.05) is 5.73 Å². The van der Waals surface area contributed by atoms with Gasteiger partial charge in [0.25, 0.3) is 0 Å². The average molecular weight is 307 g/mol. The summed E-state index contributed by atoms with van der Waals surface area (Å²) in [6.45, 7) is 4.17. The van der Waals surface area contributed by atoms with Crippen LogP contribution >= 0.6 is 15.9 Å². The first kappa shape index (κ1) is 13.0. The van der Waals surface area contributed by atoms with E-state index in [9.17, 15) is 0 Å². The van der Waals surface area contributed by atoms with E-state index in [4.69, 9.17) is 5.73 Å². The minimum atomic E-state index is 0.306. The summed E-state index contributed by atoms with van der Waals surface area (Å²) in [6.07, 6.45) is 4.20. The molecule has 94 valence electrons. The summed E-state index contributed by atoms with van der Waals surface area (Å²) in [6, 6.07) is 3.91. The van der Waals surface area contributed by atoms with Crippen molar-refractivity contribution in [3.63, 3.8) is 0 Å². The molecule has 0 fully saturated rings. The number of nitrogens with two attached hydrogens (primary N) is 1. The molecule has 0 saturated heterocycles. The van der Waals surface area contributed by atoms with Crippen LogP contribution in [0.3, 0.4) is 0 Å². The van der Waals surface area contributed by atoms with Crippen LogP contribution in [-0.4, -0.2) is 15.0 Å².